The minimum Gasteiger partial charge on any atom is -0.397 e. The number of hydrogen-bond acceptors (Lipinski definition) is 4. The predicted molar refractivity (Wildman–Crippen MR) is 77.9 cm³/mol. The lowest BCUT2D eigenvalue weighted by Crippen LogP contribution is -2.40. The molecule has 1 atom stereocenters. The minimum absolute atomic E-state index is 0.315. The maximum atomic E-state index is 5.86. The Kier molecular flexibility index (Phi) is 4.45. The maximum Gasteiger partial charge on any atom is 0.143 e. The van der Waals surface area contributed by atoms with Crippen molar-refractivity contribution in [1.29, 1.82) is 0 Å². The van der Waals surface area contributed by atoms with Crippen molar-refractivity contribution >= 4 is 27.4 Å². The fraction of sp³-hybridized carbons (Fsp3) is 0.615. The predicted octanol–water partition coefficient (Wildman–Crippen LogP) is 2.74. The summed E-state index contributed by atoms with van der Waals surface area (Å²) in [6.45, 7) is 6.75. The number of ether oxygens (including phenoxy) is 1. The lowest BCUT2D eigenvalue weighted by Gasteiger charge is -2.34. The first kappa shape index (κ1) is 13.6. The number of anilines is 2. The lowest BCUT2D eigenvalue weighted by molar-refractivity contribution is 0.0525. The van der Waals surface area contributed by atoms with Crippen molar-refractivity contribution < 1.29 is 4.74 Å². The first-order chi connectivity index (χ1) is 8.63. The van der Waals surface area contributed by atoms with Gasteiger partial charge in [-0.25, -0.2) is 4.98 Å². The van der Waals surface area contributed by atoms with Crippen LogP contribution >= 0.6 is 15.9 Å². The first-order valence-corrected chi connectivity index (χ1v) is 7.20. The van der Waals surface area contributed by atoms with E-state index < -0.39 is 0 Å². The number of halogens is 1. The van der Waals surface area contributed by atoms with Crippen molar-refractivity contribution in [2.45, 2.75) is 32.8 Å². The molecule has 0 bridgehead atoms. The van der Waals surface area contributed by atoms with Crippen molar-refractivity contribution in [3.63, 3.8) is 0 Å². The average molecular weight is 314 g/mol. The SMILES string of the molecule is CCOC1CCCN(c2ncc(N)c(C)c2Br)C1. The van der Waals surface area contributed by atoms with Crippen LogP contribution in [-0.4, -0.2) is 30.8 Å². The van der Waals surface area contributed by atoms with E-state index in [-0.39, 0.29) is 0 Å². The molecule has 1 aliphatic heterocycles. The molecule has 100 valence electrons. The van der Waals surface area contributed by atoms with Gasteiger partial charge in [0.15, 0.2) is 0 Å². The van der Waals surface area contributed by atoms with E-state index in [0.29, 0.717) is 6.10 Å². The quantitative estimate of drug-likeness (QED) is 0.932. The monoisotopic (exact) mass is 313 g/mol. The molecule has 0 radical (unpaired) electrons. The smallest absolute Gasteiger partial charge is 0.143 e. The number of rotatable bonds is 3. The molecule has 1 fully saturated rings. The van der Waals surface area contributed by atoms with Gasteiger partial charge in [0.1, 0.15) is 5.82 Å². The minimum atomic E-state index is 0.315. The highest BCUT2D eigenvalue weighted by atomic mass is 79.9. The van der Waals surface area contributed by atoms with Crippen LogP contribution in [0.4, 0.5) is 11.5 Å². The zero-order chi connectivity index (χ0) is 13.1. The van der Waals surface area contributed by atoms with E-state index in [2.05, 4.69) is 25.8 Å². The highest BCUT2D eigenvalue weighted by Gasteiger charge is 2.23. The largest absolute Gasteiger partial charge is 0.397 e. The lowest BCUT2D eigenvalue weighted by atomic mass is 10.1. The molecule has 1 aliphatic rings. The molecule has 1 unspecified atom stereocenters. The molecule has 2 heterocycles. The van der Waals surface area contributed by atoms with Crippen molar-refractivity contribution in [3.8, 4) is 0 Å². The molecule has 1 saturated heterocycles. The highest BCUT2D eigenvalue weighted by Crippen LogP contribution is 2.32. The number of hydrogen-bond donors (Lipinski definition) is 1. The van der Waals surface area contributed by atoms with E-state index in [9.17, 15) is 0 Å². The van der Waals surface area contributed by atoms with Gasteiger partial charge < -0.3 is 15.4 Å². The van der Waals surface area contributed by atoms with Crippen LogP contribution in [0.15, 0.2) is 10.7 Å². The van der Waals surface area contributed by atoms with Crippen LogP contribution in [0.25, 0.3) is 0 Å². The summed E-state index contributed by atoms with van der Waals surface area (Å²) in [6, 6.07) is 0. The van der Waals surface area contributed by atoms with E-state index in [0.717, 1.165) is 54.1 Å². The van der Waals surface area contributed by atoms with Crippen molar-refractivity contribution in [2.75, 3.05) is 30.3 Å². The van der Waals surface area contributed by atoms with Gasteiger partial charge in [0, 0.05) is 19.7 Å². The molecule has 0 amide bonds. The second-order valence-electron chi connectivity index (χ2n) is 4.64. The summed E-state index contributed by atoms with van der Waals surface area (Å²) in [7, 11) is 0. The van der Waals surface area contributed by atoms with Gasteiger partial charge >= 0.3 is 0 Å². The van der Waals surface area contributed by atoms with Gasteiger partial charge in [0.2, 0.25) is 0 Å². The van der Waals surface area contributed by atoms with E-state index >= 15 is 0 Å². The van der Waals surface area contributed by atoms with Crippen molar-refractivity contribution in [2.24, 2.45) is 0 Å². The molecule has 1 aromatic heterocycles. The topological polar surface area (TPSA) is 51.4 Å². The Balaban J connectivity index is 2.18. The highest BCUT2D eigenvalue weighted by molar-refractivity contribution is 9.10. The van der Waals surface area contributed by atoms with E-state index in [1.165, 1.54) is 0 Å². The molecule has 2 N–H and O–H groups in total. The van der Waals surface area contributed by atoms with E-state index in [4.69, 9.17) is 10.5 Å². The summed E-state index contributed by atoms with van der Waals surface area (Å²) in [5, 5.41) is 0. The summed E-state index contributed by atoms with van der Waals surface area (Å²) in [5.41, 5.74) is 7.64. The Bertz CT molecular complexity index is 423. The summed E-state index contributed by atoms with van der Waals surface area (Å²) in [4.78, 5) is 6.73. The molecule has 5 heteroatoms. The second-order valence-corrected chi connectivity index (χ2v) is 5.43. The molecule has 0 aliphatic carbocycles. The zero-order valence-electron chi connectivity index (χ0n) is 10.9. The summed E-state index contributed by atoms with van der Waals surface area (Å²) in [6.07, 6.45) is 4.33. The molecular formula is C13H20BrN3O. The maximum absolute atomic E-state index is 5.86. The van der Waals surface area contributed by atoms with E-state index in [1.807, 2.05) is 13.8 Å². The van der Waals surface area contributed by atoms with Gasteiger partial charge in [-0.1, -0.05) is 0 Å². The number of pyridine rings is 1. The van der Waals surface area contributed by atoms with E-state index in [1.54, 1.807) is 6.20 Å². The van der Waals surface area contributed by atoms with Crippen LogP contribution in [-0.2, 0) is 4.74 Å². The number of nitrogens with two attached hydrogens (primary N) is 1. The van der Waals surface area contributed by atoms with Gasteiger partial charge in [0.25, 0.3) is 0 Å². The second kappa shape index (κ2) is 5.89. The van der Waals surface area contributed by atoms with Gasteiger partial charge in [0.05, 0.1) is 22.5 Å². The van der Waals surface area contributed by atoms with Crippen LogP contribution in [0.2, 0.25) is 0 Å². The molecule has 2 rings (SSSR count). The Morgan fingerprint density at radius 1 is 1.61 bits per heavy atom. The Hall–Kier alpha value is -0.810. The molecule has 18 heavy (non-hydrogen) atoms. The standard InChI is InChI=1S/C13H20BrN3O/c1-3-18-10-5-4-6-17(8-10)13-12(14)9(2)11(15)7-16-13/h7,10H,3-6,8,15H2,1-2H3. The van der Waals surface area contributed by atoms with Gasteiger partial charge in [-0.15, -0.1) is 0 Å². The summed E-state index contributed by atoms with van der Waals surface area (Å²) in [5.74, 6) is 0.978. The van der Waals surface area contributed by atoms with Gasteiger partial charge in [-0.05, 0) is 48.2 Å². The molecule has 0 aromatic carbocycles. The number of piperidine rings is 1. The van der Waals surface area contributed by atoms with Crippen LogP contribution < -0.4 is 10.6 Å². The van der Waals surface area contributed by atoms with Crippen LogP contribution in [0.5, 0.6) is 0 Å². The fourth-order valence-corrected chi connectivity index (χ4v) is 2.88. The summed E-state index contributed by atoms with van der Waals surface area (Å²) >= 11 is 3.60. The third-order valence-corrected chi connectivity index (χ3v) is 4.31. The Labute approximate surface area is 117 Å². The van der Waals surface area contributed by atoms with Crippen LogP contribution in [0.3, 0.4) is 0 Å². The number of nitrogens with zero attached hydrogens (tertiary/aromatic N) is 2. The first-order valence-electron chi connectivity index (χ1n) is 6.40. The Morgan fingerprint density at radius 2 is 2.39 bits per heavy atom. The normalized spacial score (nSPS) is 20.2. The van der Waals surface area contributed by atoms with Crippen molar-refractivity contribution in [3.05, 3.63) is 16.2 Å². The van der Waals surface area contributed by atoms with Gasteiger partial charge in [-0.2, -0.15) is 0 Å². The third kappa shape index (κ3) is 2.78. The molecular weight excluding hydrogens is 294 g/mol. The summed E-state index contributed by atoms with van der Waals surface area (Å²) < 4.78 is 6.72. The number of nitrogen functional groups attached to an aromatic ring is 1. The average Bonchev–Trinajstić information content (AvgIpc) is 2.37. The van der Waals surface area contributed by atoms with Crippen LogP contribution in [0.1, 0.15) is 25.3 Å². The molecule has 0 spiro atoms. The van der Waals surface area contributed by atoms with Gasteiger partial charge in [-0.3, -0.25) is 0 Å². The molecule has 4 nitrogen and oxygen atoms in total. The fourth-order valence-electron chi connectivity index (χ4n) is 2.30. The van der Waals surface area contributed by atoms with Crippen molar-refractivity contribution in [1.82, 2.24) is 4.98 Å². The number of aromatic nitrogens is 1. The Morgan fingerprint density at radius 3 is 3.11 bits per heavy atom. The van der Waals surface area contributed by atoms with Crippen LogP contribution in [0, 0.1) is 6.92 Å². The molecule has 0 saturated carbocycles. The zero-order valence-corrected chi connectivity index (χ0v) is 12.5. The molecule has 1 aromatic rings. The third-order valence-electron chi connectivity index (χ3n) is 3.36.